The minimum absolute atomic E-state index is 0.0636. The van der Waals surface area contributed by atoms with Crippen LogP contribution in [0.3, 0.4) is 0 Å². The van der Waals surface area contributed by atoms with Crippen molar-refractivity contribution in [1.29, 1.82) is 0 Å². The van der Waals surface area contributed by atoms with Crippen molar-refractivity contribution in [2.75, 3.05) is 33.4 Å². The molecular formula is C19H21FN2O5S. The van der Waals surface area contributed by atoms with Crippen LogP contribution in [0.5, 0.6) is 5.75 Å². The zero-order valence-electron chi connectivity index (χ0n) is 15.4. The lowest BCUT2D eigenvalue weighted by molar-refractivity contribution is 0.0729. The average Bonchev–Trinajstić information content (AvgIpc) is 2.73. The van der Waals surface area contributed by atoms with E-state index in [1.54, 1.807) is 12.1 Å². The molecule has 150 valence electrons. The molecule has 1 N–H and O–H groups in total. The van der Waals surface area contributed by atoms with E-state index in [0.717, 1.165) is 5.56 Å². The second-order valence-corrected chi connectivity index (χ2v) is 8.10. The number of carbonyl (C=O) groups is 1. The van der Waals surface area contributed by atoms with E-state index in [4.69, 9.17) is 9.47 Å². The molecule has 0 atom stereocenters. The molecule has 3 rings (SSSR count). The number of nitrogens with one attached hydrogen (secondary N) is 1. The Labute approximate surface area is 163 Å². The van der Waals surface area contributed by atoms with Crippen molar-refractivity contribution in [2.24, 2.45) is 0 Å². The largest absolute Gasteiger partial charge is 0.495 e. The fraction of sp³-hybridized carbons (Fsp3) is 0.316. The smallest absolute Gasteiger partial charge is 0.251 e. The van der Waals surface area contributed by atoms with Crippen LogP contribution >= 0.6 is 0 Å². The maximum absolute atomic E-state index is 13.0. The Kier molecular flexibility index (Phi) is 6.28. The summed E-state index contributed by atoms with van der Waals surface area (Å²) in [6, 6.07) is 10.0. The van der Waals surface area contributed by atoms with Crippen LogP contribution in [-0.4, -0.2) is 52.0 Å². The number of morpholine rings is 1. The number of rotatable bonds is 6. The number of benzene rings is 2. The number of hydrogen-bond donors (Lipinski definition) is 1. The molecule has 0 aromatic heterocycles. The van der Waals surface area contributed by atoms with Crippen molar-refractivity contribution < 1.29 is 27.1 Å². The summed E-state index contributed by atoms with van der Waals surface area (Å²) in [4.78, 5) is 12.4. The number of ether oxygens (including phenoxy) is 2. The molecule has 9 heteroatoms. The SMILES string of the molecule is COc1ccc(C(=O)NCc2ccc(F)cc2)cc1S(=O)(=O)N1CCOCC1. The van der Waals surface area contributed by atoms with E-state index in [9.17, 15) is 17.6 Å². The molecule has 0 saturated carbocycles. The molecule has 1 heterocycles. The minimum atomic E-state index is -3.83. The van der Waals surface area contributed by atoms with Crippen molar-refractivity contribution in [2.45, 2.75) is 11.4 Å². The van der Waals surface area contributed by atoms with Crippen molar-refractivity contribution in [3.63, 3.8) is 0 Å². The molecule has 1 amide bonds. The van der Waals surface area contributed by atoms with Crippen molar-refractivity contribution in [1.82, 2.24) is 9.62 Å². The summed E-state index contributed by atoms with van der Waals surface area (Å²) < 4.78 is 50.6. The fourth-order valence-electron chi connectivity index (χ4n) is 2.83. The highest BCUT2D eigenvalue weighted by Gasteiger charge is 2.30. The fourth-order valence-corrected chi connectivity index (χ4v) is 4.42. The van der Waals surface area contributed by atoms with E-state index < -0.39 is 15.9 Å². The Morgan fingerprint density at radius 1 is 1.18 bits per heavy atom. The second-order valence-electron chi connectivity index (χ2n) is 6.19. The van der Waals surface area contributed by atoms with Gasteiger partial charge in [0.1, 0.15) is 16.5 Å². The highest BCUT2D eigenvalue weighted by molar-refractivity contribution is 7.89. The van der Waals surface area contributed by atoms with Gasteiger partial charge in [-0.1, -0.05) is 12.1 Å². The van der Waals surface area contributed by atoms with Crippen LogP contribution in [-0.2, 0) is 21.3 Å². The number of nitrogens with zero attached hydrogens (tertiary/aromatic N) is 1. The third-order valence-corrected chi connectivity index (χ3v) is 6.30. The second kappa shape index (κ2) is 8.68. The van der Waals surface area contributed by atoms with Gasteiger partial charge < -0.3 is 14.8 Å². The predicted molar refractivity (Wildman–Crippen MR) is 100 cm³/mol. The summed E-state index contributed by atoms with van der Waals surface area (Å²) >= 11 is 0. The zero-order chi connectivity index (χ0) is 20.1. The average molecular weight is 408 g/mol. The van der Waals surface area contributed by atoms with Gasteiger partial charge in [-0.15, -0.1) is 0 Å². The van der Waals surface area contributed by atoms with Gasteiger partial charge in [-0.25, -0.2) is 12.8 Å². The van der Waals surface area contributed by atoms with E-state index in [2.05, 4.69) is 5.32 Å². The number of sulfonamides is 1. The minimum Gasteiger partial charge on any atom is -0.495 e. The maximum Gasteiger partial charge on any atom is 0.251 e. The number of amides is 1. The van der Waals surface area contributed by atoms with E-state index in [-0.39, 0.29) is 41.7 Å². The summed E-state index contributed by atoms with van der Waals surface area (Å²) in [7, 11) is -2.45. The maximum atomic E-state index is 13.0. The van der Waals surface area contributed by atoms with Gasteiger partial charge in [0.05, 0.1) is 20.3 Å². The first-order valence-electron chi connectivity index (χ1n) is 8.70. The van der Waals surface area contributed by atoms with E-state index in [1.165, 1.54) is 41.7 Å². The molecular weight excluding hydrogens is 387 g/mol. The molecule has 1 aliphatic rings. The van der Waals surface area contributed by atoms with Crippen molar-refractivity contribution >= 4 is 15.9 Å². The molecule has 1 fully saturated rings. The summed E-state index contributed by atoms with van der Waals surface area (Å²) in [5.41, 5.74) is 0.916. The summed E-state index contributed by atoms with van der Waals surface area (Å²) in [6.07, 6.45) is 0. The predicted octanol–water partition coefficient (Wildman–Crippen LogP) is 1.79. The molecule has 0 spiro atoms. The van der Waals surface area contributed by atoms with Gasteiger partial charge in [-0.2, -0.15) is 4.31 Å². The van der Waals surface area contributed by atoms with E-state index >= 15 is 0 Å². The van der Waals surface area contributed by atoms with E-state index in [1.807, 2.05) is 0 Å². The number of carbonyl (C=O) groups excluding carboxylic acids is 1. The lowest BCUT2D eigenvalue weighted by atomic mass is 10.2. The van der Waals surface area contributed by atoms with Crippen LogP contribution in [0.2, 0.25) is 0 Å². The monoisotopic (exact) mass is 408 g/mol. The molecule has 0 unspecified atom stereocenters. The quantitative estimate of drug-likeness (QED) is 0.788. The Balaban J connectivity index is 1.81. The van der Waals surface area contributed by atoms with Gasteiger partial charge in [0.25, 0.3) is 5.91 Å². The molecule has 1 saturated heterocycles. The molecule has 0 radical (unpaired) electrons. The van der Waals surface area contributed by atoms with Crippen LogP contribution in [0, 0.1) is 5.82 Å². The lowest BCUT2D eigenvalue weighted by Crippen LogP contribution is -2.40. The number of halogens is 1. The van der Waals surface area contributed by atoms with Crippen LogP contribution in [0.15, 0.2) is 47.4 Å². The Morgan fingerprint density at radius 2 is 1.86 bits per heavy atom. The molecule has 0 aliphatic carbocycles. The number of hydrogen-bond acceptors (Lipinski definition) is 5. The highest BCUT2D eigenvalue weighted by Crippen LogP contribution is 2.28. The Hall–Kier alpha value is -2.49. The van der Waals surface area contributed by atoms with Gasteiger partial charge in [0.15, 0.2) is 0 Å². The standard InChI is InChI=1S/C19H21FN2O5S/c1-26-17-7-4-15(19(23)21-13-14-2-5-16(20)6-3-14)12-18(17)28(24,25)22-8-10-27-11-9-22/h2-7,12H,8-11,13H2,1H3,(H,21,23). The van der Waals surface area contributed by atoms with Gasteiger partial charge in [-0.05, 0) is 35.9 Å². The van der Waals surface area contributed by atoms with Crippen LogP contribution in [0.25, 0.3) is 0 Å². The topological polar surface area (TPSA) is 84.9 Å². The first-order chi connectivity index (χ1) is 13.4. The molecule has 2 aromatic carbocycles. The highest BCUT2D eigenvalue weighted by atomic mass is 32.2. The van der Waals surface area contributed by atoms with Crippen LogP contribution in [0.4, 0.5) is 4.39 Å². The zero-order valence-corrected chi connectivity index (χ0v) is 16.2. The first-order valence-corrected chi connectivity index (χ1v) is 10.1. The first kappa shape index (κ1) is 20.2. The summed E-state index contributed by atoms with van der Waals surface area (Å²) in [5, 5.41) is 2.70. The van der Waals surface area contributed by atoms with Gasteiger partial charge in [0, 0.05) is 25.2 Å². The van der Waals surface area contributed by atoms with Gasteiger partial charge in [-0.3, -0.25) is 4.79 Å². The summed E-state index contributed by atoms with van der Waals surface area (Å²) in [6.45, 7) is 1.31. The molecule has 0 bridgehead atoms. The third-order valence-electron chi connectivity index (χ3n) is 4.38. The van der Waals surface area contributed by atoms with Crippen LogP contribution in [0.1, 0.15) is 15.9 Å². The normalized spacial score (nSPS) is 15.2. The van der Waals surface area contributed by atoms with Crippen molar-refractivity contribution in [3.8, 4) is 5.75 Å². The summed E-state index contributed by atoms with van der Waals surface area (Å²) in [5.74, 6) is -0.629. The van der Waals surface area contributed by atoms with Crippen LogP contribution < -0.4 is 10.1 Å². The molecule has 1 aliphatic heterocycles. The Morgan fingerprint density at radius 3 is 2.50 bits per heavy atom. The molecule has 2 aromatic rings. The van der Waals surface area contributed by atoms with Gasteiger partial charge >= 0.3 is 0 Å². The third kappa shape index (κ3) is 4.49. The molecule has 7 nitrogen and oxygen atoms in total. The number of methoxy groups -OCH3 is 1. The Bertz CT molecular complexity index is 941. The molecule has 28 heavy (non-hydrogen) atoms. The van der Waals surface area contributed by atoms with Crippen molar-refractivity contribution in [3.05, 3.63) is 59.4 Å². The van der Waals surface area contributed by atoms with E-state index in [0.29, 0.717) is 13.2 Å². The lowest BCUT2D eigenvalue weighted by Gasteiger charge is -2.26. The van der Waals surface area contributed by atoms with Gasteiger partial charge in [0.2, 0.25) is 10.0 Å².